The number of nitrogens with one attached hydrogen (secondary N) is 1. The number of amides is 2. The first kappa shape index (κ1) is 7.60. The van der Waals surface area contributed by atoms with E-state index in [1.807, 2.05) is 0 Å². The van der Waals surface area contributed by atoms with Gasteiger partial charge in [0, 0.05) is 0 Å². The van der Waals surface area contributed by atoms with Crippen LogP contribution >= 0.6 is 0 Å². The van der Waals surface area contributed by atoms with Crippen molar-refractivity contribution in [1.29, 1.82) is 5.53 Å². The third-order valence-electron chi connectivity index (χ3n) is 1.87. The van der Waals surface area contributed by atoms with Gasteiger partial charge in [-0.15, -0.1) is 5.01 Å². The number of rotatable bonds is 1. The topological polar surface area (TPSA) is 73.6 Å². The number of fused-ring (bicyclic) bond motifs is 1. The van der Waals surface area contributed by atoms with E-state index in [4.69, 9.17) is 5.53 Å². The van der Waals surface area contributed by atoms with E-state index < -0.39 is 11.8 Å². The Balaban J connectivity index is 2.63. The van der Waals surface area contributed by atoms with Crippen LogP contribution < -0.4 is 0 Å². The van der Waals surface area contributed by atoms with Crippen LogP contribution in [0, 0.1) is 5.53 Å². The first-order valence-electron chi connectivity index (χ1n) is 3.61. The summed E-state index contributed by atoms with van der Waals surface area (Å²) in [6.07, 6.45) is 0. The number of hydrogen-bond acceptors (Lipinski definition) is 4. The summed E-state index contributed by atoms with van der Waals surface area (Å²) >= 11 is 0. The van der Waals surface area contributed by atoms with Crippen LogP contribution in [0.1, 0.15) is 20.7 Å². The molecule has 0 aromatic heterocycles. The van der Waals surface area contributed by atoms with Gasteiger partial charge in [-0.1, -0.05) is 17.4 Å². The zero-order valence-electron chi connectivity index (χ0n) is 6.52. The Morgan fingerprint density at radius 1 is 1.08 bits per heavy atom. The molecule has 0 saturated heterocycles. The van der Waals surface area contributed by atoms with Gasteiger partial charge < -0.3 is 0 Å². The molecule has 1 aromatic carbocycles. The zero-order valence-corrected chi connectivity index (χ0v) is 6.52. The van der Waals surface area contributed by atoms with Crippen LogP contribution in [0.3, 0.4) is 0 Å². The Labute approximate surface area is 73.4 Å². The quantitative estimate of drug-likeness (QED) is 0.514. The maximum Gasteiger partial charge on any atom is 0.283 e. The SMILES string of the molecule is N=NN1C(=O)c2ccccc2C1=O. The Hall–Kier alpha value is -2.04. The van der Waals surface area contributed by atoms with Crippen molar-refractivity contribution in [2.45, 2.75) is 0 Å². The molecule has 2 rings (SSSR count). The summed E-state index contributed by atoms with van der Waals surface area (Å²) in [6.45, 7) is 0. The predicted molar refractivity (Wildman–Crippen MR) is 42.1 cm³/mol. The lowest BCUT2D eigenvalue weighted by atomic mass is 10.1. The molecule has 0 radical (unpaired) electrons. The van der Waals surface area contributed by atoms with Crippen LogP contribution in [0.2, 0.25) is 0 Å². The van der Waals surface area contributed by atoms with Gasteiger partial charge in [0.2, 0.25) is 0 Å². The number of nitrogens with zero attached hydrogens (tertiary/aromatic N) is 2. The predicted octanol–water partition coefficient (Wildman–Crippen LogP) is 1.23. The van der Waals surface area contributed by atoms with Crippen molar-refractivity contribution in [2.75, 3.05) is 0 Å². The van der Waals surface area contributed by atoms with E-state index in [-0.39, 0.29) is 0 Å². The van der Waals surface area contributed by atoms with Gasteiger partial charge in [-0.05, 0) is 12.1 Å². The lowest BCUT2D eigenvalue weighted by molar-refractivity contribution is 0.0640. The summed E-state index contributed by atoms with van der Waals surface area (Å²) in [4.78, 5) is 22.7. The molecule has 13 heavy (non-hydrogen) atoms. The maximum atomic E-state index is 11.3. The lowest BCUT2D eigenvalue weighted by Crippen LogP contribution is -2.22. The number of benzene rings is 1. The van der Waals surface area contributed by atoms with E-state index in [1.54, 1.807) is 24.3 Å². The summed E-state index contributed by atoms with van der Waals surface area (Å²) in [6, 6.07) is 6.41. The monoisotopic (exact) mass is 175 g/mol. The third kappa shape index (κ3) is 0.868. The highest BCUT2D eigenvalue weighted by atomic mass is 16.2. The first-order chi connectivity index (χ1) is 6.25. The average Bonchev–Trinajstić information content (AvgIpc) is 2.41. The fourth-order valence-electron chi connectivity index (χ4n) is 1.27. The fourth-order valence-corrected chi connectivity index (χ4v) is 1.27. The molecule has 5 heteroatoms. The molecule has 0 saturated carbocycles. The fraction of sp³-hybridized carbons (Fsp3) is 0. The smallest absolute Gasteiger partial charge is 0.267 e. The Bertz CT molecular complexity index is 379. The second kappa shape index (κ2) is 2.48. The Morgan fingerprint density at radius 2 is 1.54 bits per heavy atom. The van der Waals surface area contributed by atoms with Crippen molar-refractivity contribution in [3.8, 4) is 0 Å². The van der Waals surface area contributed by atoms with Crippen molar-refractivity contribution in [2.24, 2.45) is 5.22 Å². The van der Waals surface area contributed by atoms with Crippen molar-refractivity contribution >= 4 is 11.8 Å². The van der Waals surface area contributed by atoms with Gasteiger partial charge in [0.15, 0.2) is 0 Å². The first-order valence-corrected chi connectivity index (χ1v) is 3.61. The standard InChI is InChI=1S/C8H5N3O2/c9-10-11-7(12)5-3-1-2-4-6(5)8(11)13/h1-4,9H. The molecule has 0 bridgehead atoms. The van der Waals surface area contributed by atoms with Crippen LogP contribution in [-0.4, -0.2) is 16.8 Å². The van der Waals surface area contributed by atoms with Gasteiger partial charge in [-0.25, -0.2) is 0 Å². The van der Waals surface area contributed by atoms with Crippen LogP contribution in [-0.2, 0) is 0 Å². The second-order valence-corrected chi connectivity index (χ2v) is 2.57. The third-order valence-corrected chi connectivity index (χ3v) is 1.87. The summed E-state index contributed by atoms with van der Waals surface area (Å²) in [5.74, 6) is -1.06. The second-order valence-electron chi connectivity index (χ2n) is 2.57. The molecule has 1 heterocycles. The largest absolute Gasteiger partial charge is 0.283 e. The summed E-state index contributed by atoms with van der Waals surface area (Å²) in [7, 11) is 0. The molecule has 1 aliphatic rings. The minimum Gasteiger partial charge on any atom is -0.267 e. The molecule has 1 N–H and O–H groups in total. The van der Waals surface area contributed by atoms with E-state index in [2.05, 4.69) is 5.22 Å². The van der Waals surface area contributed by atoms with Gasteiger partial charge in [0.25, 0.3) is 11.8 Å². The van der Waals surface area contributed by atoms with E-state index in [0.717, 1.165) is 0 Å². The molecule has 2 amide bonds. The molecule has 0 fully saturated rings. The molecule has 5 nitrogen and oxygen atoms in total. The molecular weight excluding hydrogens is 170 g/mol. The molecule has 0 atom stereocenters. The van der Waals surface area contributed by atoms with Crippen molar-refractivity contribution in [1.82, 2.24) is 5.01 Å². The van der Waals surface area contributed by atoms with E-state index >= 15 is 0 Å². The van der Waals surface area contributed by atoms with Gasteiger partial charge in [-0.2, -0.15) is 5.53 Å². The van der Waals surface area contributed by atoms with Crippen LogP contribution in [0.4, 0.5) is 0 Å². The molecule has 1 aromatic rings. The lowest BCUT2D eigenvalue weighted by Gasteiger charge is -2.00. The van der Waals surface area contributed by atoms with Gasteiger partial charge >= 0.3 is 0 Å². The number of carbonyl (C=O) groups excluding carboxylic acids is 2. The van der Waals surface area contributed by atoms with Crippen LogP contribution in [0.15, 0.2) is 29.5 Å². The van der Waals surface area contributed by atoms with Crippen LogP contribution in [0.5, 0.6) is 0 Å². The Morgan fingerprint density at radius 3 is 1.92 bits per heavy atom. The van der Waals surface area contributed by atoms with Crippen LogP contribution in [0.25, 0.3) is 0 Å². The highest BCUT2D eigenvalue weighted by Gasteiger charge is 2.35. The summed E-state index contributed by atoms with van der Waals surface area (Å²) in [5, 5.41) is 3.39. The molecule has 64 valence electrons. The number of carbonyl (C=O) groups is 2. The molecule has 0 aliphatic carbocycles. The van der Waals surface area contributed by atoms with Crippen molar-refractivity contribution < 1.29 is 9.59 Å². The highest BCUT2D eigenvalue weighted by Crippen LogP contribution is 2.21. The van der Waals surface area contributed by atoms with E-state index in [9.17, 15) is 9.59 Å². The van der Waals surface area contributed by atoms with Gasteiger partial charge in [-0.3, -0.25) is 9.59 Å². The Kier molecular flexibility index (Phi) is 1.45. The highest BCUT2D eigenvalue weighted by molar-refractivity contribution is 6.20. The summed E-state index contributed by atoms with van der Waals surface area (Å²) in [5.41, 5.74) is 7.26. The van der Waals surface area contributed by atoms with Gasteiger partial charge in [0.05, 0.1) is 11.1 Å². The maximum absolute atomic E-state index is 11.3. The summed E-state index contributed by atoms with van der Waals surface area (Å²) < 4.78 is 0. The average molecular weight is 175 g/mol. The minimum absolute atomic E-state index is 0.309. The normalized spacial score (nSPS) is 14.6. The molecule has 1 aliphatic heterocycles. The number of imide groups is 1. The molecule has 0 unspecified atom stereocenters. The number of hydrogen-bond donors (Lipinski definition) is 1. The van der Waals surface area contributed by atoms with E-state index in [0.29, 0.717) is 16.1 Å². The molecular formula is C8H5N3O2. The van der Waals surface area contributed by atoms with Gasteiger partial charge in [0.1, 0.15) is 0 Å². The van der Waals surface area contributed by atoms with Crippen molar-refractivity contribution in [3.63, 3.8) is 0 Å². The van der Waals surface area contributed by atoms with Crippen molar-refractivity contribution in [3.05, 3.63) is 35.4 Å². The van der Waals surface area contributed by atoms with E-state index in [1.165, 1.54) is 0 Å². The zero-order chi connectivity index (χ0) is 9.42. The minimum atomic E-state index is -0.532. The molecule has 0 spiro atoms.